The number of rotatable bonds is 6. The van der Waals surface area contributed by atoms with Gasteiger partial charge >= 0.3 is 5.97 Å². The molecule has 4 aromatic rings. The number of carbonyl (C=O) groups excluding carboxylic acids is 1. The van der Waals surface area contributed by atoms with Crippen LogP contribution in [0.4, 0.5) is 0 Å². The molecule has 7 heteroatoms. The van der Waals surface area contributed by atoms with Gasteiger partial charge in [-0.1, -0.05) is 76.1 Å². The summed E-state index contributed by atoms with van der Waals surface area (Å²) in [4.78, 5) is 29.3. The van der Waals surface area contributed by atoms with Crippen molar-refractivity contribution in [3.8, 4) is 11.1 Å². The average Bonchev–Trinajstić information content (AvgIpc) is 3.32. The number of benzene rings is 3. The Bertz CT molecular complexity index is 1530. The molecule has 1 atom stereocenters. The van der Waals surface area contributed by atoms with Crippen LogP contribution in [0.1, 0.15) is 47.7 Å². The summed E-state index contributed by atoms with van der Waals surface area (Å²) in [6, 6.07) is 23.9. The molecule has 0 bridgehead atoms. The molecule has 1 N–H and O–H groups in total. The van der Waals surface area contributed by atoms with E-state index in [9.17, 15) is 9.59 Å². The van der Waals surface area contributed by atoms with Gasteiger partial charge in [-0.2, -0.15) is 5.10 Å². The van der Waals surface area contributed by atoms with Crippen LogP contribution in [0.25, 0.3) is 22.0 Å². The molecule has 0 aliphatic carbocycles. The zero-order valence-corrected chi connectivity index (χ0v) is 22.2. The molecular weight excluding hydrogens is 530 g/mol. The van der Waals surface area contributed by atoms with Crippen LogP contribution >= 0.6 is 15.9 Å². The molecule has 1 aromatic heterocycles. The van der Waals surface area contributed by atoms with Gasteiger partial charge in [-0.05, 0) is 43.2 Å². The normalized spacial score (nSPS) is 15.2. The van der Waals surface area contributed by atoms with E-state index in [1.54, 1.807) is 0 Å². The number of nitrogens with zero attached hydrogens (tertiary/aromatic N) is 3. The number of aliphatic carboxylic acids is 1. The van der Waals surface area contributed by atoms with E-state index in [1.165, 1.54) is 5.01 Å². The zero-order chi connectivity index (χ0) is 26.1. The number of hydrogen-bond acceptors (Lipinski definition) is 4. The number of carboxylic acids is 1. The topological polar surface area (TPSA) is 82.9 Å². The molecule has 2 heterocycles. The molecule has 0 spiro atoms. The van der Waals surface area contributed by atoms with Gasteiger partial charge in [0.15, 0.2) is 0 Å². The Morgan fingerprint density at radius 1 is 0.973 bits per heavy atom. The van der Waals surface area contributed by atoms with E-state index in [1.807, 2.05) is 68.4 Å². The van der Waals surface area contributed by atoms with Gasteiger partial charge in [-0.3, -0.25) is 14.6 Å². The molecule has 0 saturated heterocycles. The van der Waals surface area contributed by atoms with Gasteiger partial charge in [0.25, 0.3) is 0 Å². The minimum absolute atomic E-state index is 0.109. The fraction of sp³-hybridized carbons (Fsp3) is 0.200. The van der Waals surface area contributed by atoms with E-state index in [0.717, 1.165) is 54.6 Å². The van der Waals surface area contributed by atoms with E-state index in [0.29, 0.717) is 6.42 Å². The number of aromatic nitrogens is 1. The number of fused-ring (bicyclic) bond motifs is 1. The number of hydrogen-bond donors (Lipinski definition) is 1. The number of amides is 1. The first-order valence-corrected chi connectivity index (χ1v) is 12.9. The van der Waals surface area contributed by atoms with Crippen LogP contribution in [0.3, 0.4) is 0 Å². The first-order chi connectivity index (χ1) is 17.8. The van der Waals surface area contributed by atoms with Crippen LogP contribution in [0, 0.1) is 13.8 Å². The monoisotopic (exact) mass is 555 g/mol. The van der Waals surface area contributed by atoms with Gasteiger partial charge < -0.3 is 5.11 Å². The standard InChI is InChI=1S/C30H26BrN3O3/c1-18-8-10-20(11-9-18)26-17-25(33-34(26)27(35)14-15-28(36)37)29-19(2)32-24-13-12-22(31)16-23(24)30(29)21-6-4-3-5-7-21/h3-13,16,26H,14-15,17H2,1-2H3,(H,36,37)/t26-/m1/s1. The highest BCUT2D eigenvalue weighted by Crippen LogP contribution is 2.40. The maximum Gasteiger partial charge on any atom is 0.303 e. The van der Waals surface area contributed by atoms with Gasteiger partial charge in [-0.25, -0.2) is 5.01 Å². The van der Waals surface area contributed by atoms with E-state index in [-0.39, 0.29) is 24.8 Å². The molecule has 37 heavy (non-hydrogen) atoms. The van der Waals surface area contributed by atoms with Crippen LogP contribution in [0.2, 0.25) is 0 Å². The van der Waals surface area contributed by atoms with Crippen LogP contribution in [-0.2, 0) is 9.59 Å². The number of aryl methyl sites for hydroxylation is 2. The number of carboxylic acid groups (broad SMARTS) is 1. The molecule has 5 rings (SSSR count). The first kappa shape index (κ1) is 24.8. The SMILES string of the molecule is Cc1ccc([C@H]2CC(c3c(C)nc4ccc(Br)cc4c3-c3ccccc3)=NN2C(=O)CCC(=O)O)cc1. The summed E-state index contributed by atoms with van der Waals surface area (Å²) in [6.07, 6.45) is 0.159. The van der Waals surface area contributed by atoms with E-state index in [2.05, 4.69) is 34.1 Å². The second kappa shape index (κ2) is 10.3. The lowest BCUT2D eigenvalue weighted by Gasteiger charge is -2.22. The Morgan fingerprint density at radius 3 is 2.41 bits per heavy atom. The Balaban J connectivity index is 1.69. The third-order valence-corrected chi connectivity index (χ3v) is 7.15. The Hall–Kier alpha value is -3.84. The summed E-state index contributed by atoms with van der Waals surface area (Å²) in [5.41, 5.74) is 7.52. The summed E-state index contributed by atoms with van der Waals surface area (Å²) in [5, 5.41) is 16.5. The Labute approximate surface area is 223 Å². The van der Waals surface area contributed by atoms with Gasteiger partial charge in [-0.15, -0.1) is 0 Å². The van der Waals surface area contributed by atoms with E-state index >= 15 is 0 Å². The Morgan fingerprint density at radius 2 is 1.70 bits per heavy atom. The smallest absolute Gasteiger partial charge is 0.303 e. The van der Waals surface area contributed by atoms with Crippen molar-refractivity contribution in [3.05, 3.63) is 99.7 Å². The van der Waals surface area contributed by atoms with Crippen LogP contribution < -0.4 is 0 Å². The van der Waals surface area contributed by atoms with Crippen molar-refractivity contribution < 1.29 is 14.7 Å². The van der Waals surface area contributed by atoms with Gasteiger partial charge in [0.2, 0.25) is 5.91 Å². The number of halogens is 1. The largest absolute Gasteiger partial charge is 0.481 e. The molecule has 6 nitrogen and oxygen atoms in total. The first-order valence-electron chi connectivity index (χ1n) is 12.2. The minimum atomic E-state index is -1.00. The van der Waals surface area contributed by atoms with Crippen molar-refractivity contribution >= 4 is 44.4 Å². The van der Waals surface area contributed by atoms with Gasteiger partial charge in [0, 0.05) is 39.5 Å². The van der Waals surface area contributed by atoms with Crippen molar-refractivity contribution in [1.82, 2.24) is 9.99 Å². The maximum atomic E-state index is 13.2. The molecule has 0 unspecified atom stereocenters. The molecule has 0 radical (unpaired) electrons. The third kappa shape index (κ3) is 5.04. The van der Waals surface area contributed by atoms with Crippen molar-refractivity contribution in [2.45, 2.75) is 39.2 Å². The maximum absolute atomic E-state index is 13.2. The lowest BCUT2D eigenvalue weighted by Crippen LogP contribution is -2.27. The number of hydrazone groups is 1. The molecule has 0 saturated carbocycles. The second-order valence-electron chi connectivity index (χ2n) is 9.28. The molecule has 0 fully saturated rings. The second-order valence-corrected chi connectivity index (χ2v) is 10.2. The quantitative estimate of drug-likeness (QED) is 0.283. The fourth-order valence-corrected chi connectivity index (χ4v) is 5.24. The number of pyridine rings is 1. The summed E-state index contributed by atoms with van der Waals surface area (Å²) in [5.74, 6) is -1.31. The highest BCUT2D eigenvalue weighted by atomic mass is 79.9. The molecule has 1 amide bonds. The highest BCUT2D eigenvalue weighted by Gasteiger charge is 2.35. The summed E-state index contributed by atoms with van der Waals surface area (Å²) in [7, 11) is 0. The number of carbonyl (C=O) groups is 2. The fourth-order valence-electron chi connectivity index (χ4n) is 4.88. The zero-order valence-electron chi connectivity index (χ0n) is 20.6. The van der Waals surface area contributed by atoms with Crippen molar-refractivity contribution in [2.24, 2.45) is 5.10 Å². The summed E-state index contributed by atoms with van der Waals surface area (Å²) < 4.78 is 0.949. The summed E-state index contributed by atoms with van der Waals surface area (Å²) in [6.45, 7) is 3.99. The molecule has 3 aromatic carbocycles. The van der Waals surface area contributed by atoms with Crippen molar-refractivity contribution in [2.75, 3.05) is 0 Å². The predicted octanol–water partition coefficient (Wildman–Crippen LogP) is 6.82. The van der Waals surface area contributed by atoms with Crippen LogP contribution in [-0.4, -0.2) is 32.7 Å². The molecular formula is C30H26BrN3O3. The van der Waals surface area contributed by atoms with Gasteiger partial charge in [0.05, 0.1) is 23.7 Å². The van der Waals surface area contributed by atoms with Crippen LogP contribution in [0.5, 0.6) is 0 Å². The van der Waals surface area contributed by atoms with Crippen molar-refractivity contribution in [3.63, 3.8) is 0 Å². The van der Waals surface area contributed by atoms with Crippen LogP contribution in [0.15, 0.2) is 82.4 Å². The highest BCUT2D eigenvalue weighted by molar-refractivity contribution is 9.10. The molecule has 186 valence electrons. The third-order valence-electron chi connectivity index (χ3n) is 6.66. The lowest BCUT2D eigenvalue weighted by atomic mass is 9.89. The predicted molar refractivity (Wildman–Crippen MR) is 148 cm³/mol. The Kier molecular flexibility index (Phi) is 6.89. The van der Waals surface area contributed by atoms with E-state index in [4.69, 9.17) is 15.2 Å². The molecule has 1 aliphatic rings. The molecule has 1 aliphatic heterocycles. The minimum Gasteiger partial charge on any atom is -0.481 e. The summed E-state index contributed by atoms with van der Waals surface area (Å²) >= 11 is 3.61. The van der Waals surface area contributed by atoms with Crippen molar-refractivity contribution in [1.29, 1.82) is 0 Å². The van der Waals surface area contributed by atoms with Gasteiger partial charge in [0.1, 0.15) is 0 Å². The van der Waals surface area contributed by atoms with E-state index < -0.39 is 5.97 Å². The lowest BCUT2D eigenvalue weighted by molar-refractivity contribution is -0.141. The average molecular weight is 556 g/mol.